The van der Waals surface area contributed by atoms with Crippen molar-refractivity contribution >= 4 is 12.6 Å². The molecule has 0 atom stereocenters. The van der Waals surface area contributed by atoms with E-state index in [1.807, 2.05) is 12.1 Å². The minimum absolute atomic E-state index is 0.541. The van der Waals surface area contributed by atoms with Gasteiger partial charge in [0.2, 0.25) is 0 Å². The Bertz CT molecular complexity index is 355. The van der Waals surface area contributed by atoms with E-state index in [0.717, 1.165) is 32.6 Å². The number of rotatable bonds is 8. The molecule has 4 nitrogen and oxygen atoms in total. The minimum Gasteiger partial charge on any atom is -0.423 e. The van der Waals surface area contributed by atoms with Crippen molar-refractivity contribution in [2.24, 2.45) is 0 Å². The molecule has 1 rings (SSSR count). The first kappa shape index (κ1) is 16.2. The van der Waals surface area contributed by atoms with E-state index in [1.165, 1.54) is 5.56 Å². The summed E-state index contributed by atoms with van der Waals surface area (Å²) < 4.78 is 0. The van der Waals surface area contributed by atoms with Crippen LogP contribution >= 0.6 is 0 Å². The van der Waals surface area contributed by atoms with Crippen LogP contribution in [0, 0.1) is 0 Å². The average molecular weight is 264 g/mol. The molecule has 0 unspecified atom stereocenters. The van der Waals surface area contributed by atoms with E-state index in [-0.39, 0.29) is 0 Å². The molecule has 1 aromatic rings. The Labute approximate surface area is 116 Å². The average Bonchev–Trinajstić information content (AvgIpc) is 2.37. The fraction of sp³-hybridized carbons (Fsp3) is 0.571. The molecule has 0 amide bonds. The number of benzene rings is 1. The Morgan fingerprint density at radius 2 is 1.63 bits per heavy atom. The fourth-order valence-corrected chi connectivity index (χ4v) is 1.98. The van der Waals surface area contributed by atoms with Crippen molar-refractivity contribution in [3.05, 3.63) is 29.8 Å². The van der Waals surface area contributed by atoms with Crippen LogP contribution in [-0.4, -0.2) is 60.7 Å². The molecule has 2 N–H and O–H groups in total. The molecule has 0 aliphatic heterocycles. The normalized spacial score (nSPS) is 11.3. The second kappa shape index (κ2) is 8.33. The van der Waals surface area contributed by atoms with Gasteiger partial charge >= 0.3 is 7.12 Å². The molecule has 0 saturated carbocycles. The van der Waals surface area contributed by atoms with Crippen LogP contribution in [-0.2, 0) is 6.54 Å². The second-order valence-corrected chi connectivity index (χ2v) is 5.19. The molecular weight excluding hydrogens is 239 g/mol. The maximum absolute atomic E-state index is 9.07. The zero-order valence-corrected chi connectivity index (χ0v) is 12.2. The summed E-state index contributed by atoms with van der Waals surface area (Å²) in [5, 5.41) is 18.1. The van der Waals surface area contributed by atoms with Crippen molar-refractivity contribution in [1.29, 1.82) is 0 Å². The van der Waals surface area contributed by atoms with Crippen LogP contribution in [0.15, 0.2) is 24.3 Å². The highest BCUT2D eigenvalue weighted by Gasteiger charge is 2.11. The molecule has 0 spiro atoms. The number of hydrogen-bond donors (Lipinski definition) is 2. The van der Waals surface area contributed by atoms with Crippen LogP contribution in [0.25, 0.3) is 0 Å². The third-order valence-corrected chi connectivity index (χ3v) is 3.09. The van der Waals surface area contributed by atoms with Gasteiger partial charge in [-0.25, -0.2) is 0 Å². The lowest BCUT2D eigenvalue weighted by atomic mass is 9.80. The van der Waals surface area contributed by atoms with Gasteiger partial charge in [-0.1, -0.05) is 31.2 Å². The summed E-state index contributed by atoms with van der Waals surface area (Å²) in [5.41, 5.74) is 1.75. The van der Waals surface area contributed by atoms with E-state index >= 15 is 0 Å². The maximum Gasteiger partial charge on any atom is 0.488 e. The molecule has 106 valence electrons. The van der Waals surface area contributed by atoms with Crippen molar-refractivity contribution in [3.8, 4) is 0 Å². The van der Waals surface area contributed by atoms with E-state index in [0.29, 0.717) is 5.46 Å². The highest BCUT2D eigenvalue weighted by atomic mass is 16.4. The van der Waals surface area contributed by atoms with Crippen LogP contribution in [0.2, 0.25) is 0 Å². The van der Waals surface area contributed by atoms with Gasteiger partial charge in [-0.2, -0.15) is 0 Å². The molecule has 0 heterocycles. The number of nitrogens with zero attached hydrogens (tertiary/aromatic N) is 2. The van der Waals surface area contributed by atoms with Crippen molar-refractivity contribution in [3.63, 3.8) is 0 Å². The van der Waals surface area contributed by atoms with E-state index in [1.54, 1.807) is 12.1 Å². The van der Waals surface area contributed by atoms with Crippen LogP contribution in [0.5, 0.6) is 0 Å². The van der Waals surface area contributed by atoms with Gasteiger partial charge in [-0.15, -0.1) is 0 Å². The second-order valence-electron chi connectivity index (χ2n) is 5.19. The quantitative estimate of drug-likeness (QED) is 0.656. The Kier molecular flexibility index (Phi) is 7.09. The lowest BCUT2D eigenvalue weighted by molar-refractivity contribution is 0.234. The van der Waals surface area contributed by atoms with Gasteiger partial charge in [0.1, 0.15) is 0 Å². The minimum atomic E-state index is -1.38. The Balaban J connectivity index is 2.57. The molecular formula is C14H25BN2O2. The molecule has 0 aromatic heterocycles. The number of hydrogen-bond acceptors (Lipinski definition) is 4. The predicted octanol–water partition coefficient (Wildman–Crippen LogP) is 0.140. The SMILES string of the molecule is CCCN(CCN(C)C)Cc1ccc(B(O)O)cc1. The summed E-state index contributed by atoms with van der Waals surface area (Å²) in [6.45, 7) is 6.27. The van der Waals surface area contributed by atoms with Gasteiger partial charge in [-0.05, 0) is 38.1 Å². The first-order valence-electron chi connectivity index (χ1n) is 6.85. The first-order valence-corrected chi connectivity index (χ1v) is 6.85. The lowest BCUT2D eigenvalue weighted by Gasteiger charge is -2.23. The van der Waals surface area contributed by atoms with Crippen molar-refractivity contribution in [2.45, 2.75) is 19.9 Å². The van der Waals surface area contributed by atoms with E-state index < -0.39 is 7.12 Å². The summed E-state index contributed by atoms with van der Waals surface area (Å²) in [4.78, 5) is 4.61. The molecule has 0 saturated heterocycles. The molecule has 0 fully saturated rings. The van der Waals surface area contributed by atoms with Crippen molar-refractivity contribution in [2.75, 3.05) is 33.7 Å². The van der Waals surface area contributed by atoms with Crippen LogP contribution in [0.4, 0.5) is 0 Å². The summed E-state index contributed by atoms with van der Waals surface area (Å²) in [5.74, 6) is 0. The van der Waals surface area contributed by atoms with Crippen LogP contribution in [0.3, 0.4) is 0 Å². The largest absolute Gasteiger partial charge is 0.488 e. The van der Waals surface area contributed by atoms with Crippen molar-refractivity contribution < 1.29 is 10.0 Å². The summed E-state index contributed by atoms with van der Waals surface area (Å²) in [7, 11) is 2.79. The highest BCUT2D eigenvalue weighted by molar-refractivity contribution is 6.58. The number of likely N-dealkylation sites (N-methyl/N-ethyl adjacent to an activating group) is 1. The lowest BCUT2D eigenvalue weighted by Crippen LogP contribution is -2.32. The highest BCUT2D eigenvalue weighted by Crippen LogP contribution is 2.04. The molecule has 0 bridgehead atoms. The summed E-state index contributed by atoms with van der Waals surface area (Å²) in [6, 6.07) is 7.48. The van der Waals surface area contributed by atoms with Gasteiger partial charge in [0, 0.05) is 19.6 Å². The van der Waals surface area contributed by atoms with Crippen LogP contribution < -0.4 is 5.46 Å². The molecule has 0 radical (unpaired) electrons. The molecule has 1 aromatic carbocycles. The monoisotopic (exact) mass is 264 g/mol. The standard InChI is InChI=1S/C14H25BN2O2/c1-4-9-17(11-10-16(2)3)12-13-5-7-14(8-6-13)15(18)19/h5-8,18-19H,4,9-12H2,1-3H3. The smallest absolute Gasteiger partial charge is 0.423 e. The Hall–Kier alpha value is -0.875. The maximum atomic E-state index is 9.07. The molecule has 0 aliphatic carbocycles. The van der Waals surface area contributed by atoms with Gasteiger partial charge < -0.3 is 14.9 Å². The molecule has 19 heavy (non-hydrogen) atoms. The van der Waals surface area contributed by atoms with E-state index in [9.17, 15) is 0 Å². The Morgan fingerprint density at radius 3 is 2.11 bits per heavy atom. The first-order chi connectivity index (χ1) is 9.02. The Morgan fingerprint density at radius 1 is 1.00 bits per heavy atom. The van der Waals surface area contributed by atoms with Gasteiger partial charge in [0.05, 0.1) is 0 Å². The summed E-state index contributed by atoms with van der Waals surface area (Å²) >= 11 is 0. The zero-order chi connectivity index (χ0) is 14.3. The van der Waals surface area contributed by atoms with Gasteiger partial charge in [-0.3, -0.25) is 4.90 Å². The van der Waals surface area contributed by atoms with Crippen molar-refractivity contribution in [1.82, 2.24) is 9.80 Å². The van der Waals surface area contributed by atoms with Gasteiger partial charge in [0.15, 0.2) is 0 Å². The zero-order valence-electron chi connectivity index (χ0n) is 12.2. The topological polar surface area (TPSA) is 46.9 Å². The van der Waals surface area contributed by atoms with Gasteiger partial charge in [0.25, 0.3) is 0 Å². The third-order valence-electron chi connectivity index (χ3n) is 3.09. The molecule has 0 aliphatic rings. The summed E-state index contributed by atoms with van der Waals surface area (Å²) in [6.07, 6.45) is 1.14. The van der Waals surface area contributed by atoms with E-state index in [2.05, 4.69) is 30.8 Å². The predicted molar refractivity (Wildman–Crippen MR) is 80.4 cm³/mol. The fourth-order valence-electron chi connectivity index (χ4n) is 1.98. The molecule has 5 heteroatoms. The van der Waals surface area contributed by atoms with E-state index in [4.69, 9.17) is 10.0 Å². The third kappa shape index (κ3) is 6.21. The van der Waals surface area contributed by atoms with Crippen LogP contribution in [0.1, 0.15) is 18.9 Å².